The molecule has 0 aliphatic heterocycles. The summed E-state index contributed by atoms with van der Waals surface area (Å²) in [5.41, 5.74) is 4.02. The smallest absolute Gasteiger partial charge is 0.255 e. The number of nitrogens with one attached hydrogen (secondary N) is 1. The molecule has 18 heavy (non-hydrogen) atoms. The number of oxime groups is 1. The van der Waals surface area contributed by atoms with Crippen LogP contribution in [-0.2, 0) is 0 Å². The van der Waals surface area contributed by atoms with Gasteiger partial charge in [0.25, 0.3) is 5.91 Å². The molecule has 1 rings (SSSR count). The Bertz CT molecular complexity index is 500. The molecule has 7 heteroatoms. The van der Waals surface area contributed by atoms with Gasteiger partial charge in [-0.1, -0.05) is 5.16 Å². The minimum absolute atomic E-state index is 0.213. The highest BCUT2D eigenvalue weighted by atomic mass is 19.1. The van der Waals surface area contributed by atoms with Gasteiger partial charge in [0.2, 0.25) is 0 Å². The molecular formula is C11H14FN3O3. The largest absolute Gasteiger partial charge is 0.508 e. The van der Waals surface area contributed by atoms with E-state index in [-0.39, 0.29) is 17.1 Å². The fraction of sp³-hybridized carbons (Fsp3) is 0.273. The second-order valence-corrected chi connectivity index (χ2v) is 4.23. The number of hydrogen-bond acceptors (Lipinski definition) is 4. The number of nitrogens with two attached hydrogens (primary N) is 1. The van der Waals surface area contributed by atoms with E-state index in [0.717, 1.165) is 12.1 Å². The predicted octanol–water partition coefficient (Wildman–Crippen LogP) is 0.786. The topological polar surface area (TPSA) is 108 Å². The molecule has 0 aliphatic rings. The number of aromatic hydroxyl groups is 1. The fourth-order valence-electron chi connectivity index (χ4n) is 1.23. The Morgan fingerprint density at radius 3 is 2.61 bits per heavy atom. The number of amidine groups is 1. The summed E-state index contributed by atoms with van der Waals surface area (Å²) in [6, 6.07) is 3.16. The van der Waals surface area contributed by atoms with E-state index in [9.17, 15) is 9.18 Å². The molecule has 0 atom stereocenters. The zero-order chi connectivity index (χ0) is 13.9. The number of benzene rings is 1. The molecule has 98 valence electrons. The number of phenolic OH excluding ortho intramolecular Hbond substituents is 1. The Morgan fingerprint density at radius 2 is 2.11 bits per heavy atom. The lowest BCUT2D eigenvalue weighted by atomic mass is 10.0. The van der Waals surface area contributed by atoms with Crippen molar-refractivity contribution in [1.82, 2.24) is 5.32 Å². The third kappa shape index (κ3) is 2.88. The lowest BCUT2D eigenvalue weighted by Crippen LogP contribution is -2.53. The fourth-order valence-corrected chi connectivity index (χ4v) is 1.23. The molecule has 0 heterocycles. The Morgan fingerprint density at radius 1 is 1.50 bits per heavy atom. The maximum Gasteiger partial charge on any atom is 0.255 e. The van der Waals surface area contributed by atoms with E-state index in [1.807, 2.05) is 0 Å². The molecule has 1 aromatic carbocycles. The standard InChI is InChI=1S/C11H14FN3O3/c1-11(2,10(13)15-18)14-9(17)7-4-3-6(16)5-8(7)12/h3-5,16,18H,1-2H3,(H2,13,15)(H,14,17). The van der Waals surface area contributed by atoms with Gasteiger partial charge in [0, 0.05) is 6.07 Å². The summed E-state index contributed by atoms with van der Waals surface area (Å²) in [4.78, 5) is 11.8. The molecule has 0 radical (unpaired) electrons. The molecule has 0 aliphatic carbocycles. The first kappa shape index (κ1) is 13.8. The third-order valence-corrected chi connectivity index (χ3v) is 2.37. The van der Waals surface area contributed by atoms with Crippen LogP contribution in [0.15, 0.2) is 23.4 Å². The summed E-state index contributed by atoms with van der Waals surface area (Å²) < 4.78 is 13.4. The van der Waals surface area contributed by atoms with Crippen LogP contribution in [0, 0.1) is 5.82 Å². The number of rotatable bonds is 3. The monoisotopic (exact) mass is 255 g/mol. The molecule has 5 N–H and O–H groups in total. The van der Waals surface area contributed by atoms with Gasteiger partial charge in [-0.15, -0.1) is 0 Å². The van der Waals surface area contributed by atoms with Gasteiger partial charge < -0.3 is 21.4 Å². The van der Waals surface area contributed by atoms with E-state index in [1.165, 1.54) is 19.9 Å². The molecular weight excluding hydrogens is 241 g/mol. The average Bonchev–Trinajstić information content (AvgIpc) is 2.26. The van der Waals surface area contributed by atoms with Crippen molar-refractivity contribution >= 4 is 11.7 Å². The number of nitrogens with zero attached hydrogens (tertiary/aromatic N) is 1. The number of halogens is 1. The predicted molar refractivity (Wildman–Crippen MR) is 63.0 cm³/mol. The average molecular weight is 255 g/mol. The van der Waals surface area contributed by atoms with Gasteiger partial charge in [-0.3, -0.25) is 4.79 Å². The molecule has 0 saturated heterocycles. The Hall–Kier alpha value is -2.31. The summed E-state index contributed by atoms with van der Waals surface area (Å²) in [5.74, 6) is -2.08. The van der Waals surface area contributed by atoms with Gasteiger partial charge in [0.15, 0.2) is 5.84 Å². The second-order valence-electron chi connectivity index (χ2n) is 4.23. The molecule has 0 bridgehead atoms. The molecule has 0 unspecified atom stereocenters. The van der Waals surface area contributed by atoms with E-state index in [2.05, 4.69) is 10.5 Å². The van der Waals surface area contributed by atoms with Gasteiger partial charge in [-0.2, -0.15) is 0 Å². The number of amides is 1. The Balaban J connectivity index is 2.96. The number of carbonyl (C=O) groups is 1. The zero-order valence-electron chi connectivity index (χ0n) is 9.94. The summed E-state index contributed by atoms with van der Waals surface area (Å²) in [7, 11) is 0. The molecule has 1 aromatic rings. The quantitative estimate of drug-likeness (QED) is 0.277. The van der Waals surface area contributed by atoms with Crippen LogP contribution < -0.4 is 11.1 Å². The van der Waals surface area contributed by atoms with Crippen molar-refractivity contribution < 1.29 is 19.5 Å². The van der Waals surface area contributed by atoms with Gasteiger partial charge in [-0.05, 0) is 26.0 Å². The first-order valence-electron chi connectivity index (χ1n) is 5.07. The second kappa shape index (κ2) is 4.91. The molecule has 0 fully saturated rings. The van der Waals surface area contributed by atoms with Crippen LogP contribution in [0.5, 0.6) is 5.75 Å². The van der Waals surface area contributed by atoms with Gasteiger partial charge >= 0.3 is 0 Å². The highest BCUT2D eigenvalue weighted by molar-refractivity contribution is 6.00. The first-order valence-corrected chi connectivity index (χ1v) is 5.07. The van der Waals surface area contributed by atoms with Gasteiger partial charge in [0.05, 0.1) is 11.1 Å². The highest BCUT2D eigenvalue weighted by Gasteiger charge is 2.27. The van der Waals surface area contributed by atoms with Crippen LogP contribution in [0.3, 0.4) is 0 Å². The van der Waals surface area contributed by atoms with Crippen molar-refractivity contribution in [3.8, 4) is 5.75 Å². The summed E-state index contributed by atoms with van der Waals surface area (Å²) in [6.45, 7) is 3.00. The van der Waals surface area contributed by atoms with Crippen molar-refractivity contribution in [2.45, 2.75) is 19.4 Å². The van der Waals surface area contributed by atoms with E-state index in [4.69, 9.17) is 16.0 Å². The van der Waals surface area contributed by atoms with Crippen LogP contribution >= 0.6 is 0 Å². The van der Waals surface area contributed by atoms with Crippen molar-refractivity contribution in [1.29, 1.82) is 0 Å². The number of carbonyl (C=O) groups excluding carboxylic acids is 1. The summed E-state index contributed by atoms with van der Waals surface area (Å²) >= 11 is 0. The maximum atomic E-state index is 13.4. The minimum Gasteiger partial charge on any atom is -0.508 e. The third-order valence-electron chi connectivity index (χ3n) is 2.37. The molecule has 0 saturated carbocycles. The van der Waals surface area contributed by atoms with E-state index < -0.39 is 17.3 Å². The van der Waals surface area contributed by atoms with Crippen molar-refractivity contribution in [2.24, 2.45) is 10.9 Å². The molecule has 0 spiro atoms. The SMILES string of the molecule is CC(C)(NC(=O)c1ccc(O)cc1F)/C(N)=N/O. The Labute approximate surface area is 103 Å². The van der Waals surface area contributed by atoms with Crippen LogP contribution in [0.1, 0.15) is 24.2 Å². The van der Waals surface area contributed by atoms with E-state index in [1.54, 1.807) is 0 Å². The number of phenols is 1. The Kier molecular flexibility index (Phi) is 3.75. The van der Waals surface area contributed by atoms with Crippen molar-refractivity contribution in [3.63, 3.8) is 0 Å². The summed E-state index contributed by atoms with van der Waals surface area (Å²) in [6.07, 6.45) is 0. The van der Waals surface area contributed by atoms with Gasteiger partial charge in [-0.25, -0.2) is 4.39 Å². The molecule has 0 aromatic heterocycles. The normalized spacial score (nSPS) is 12.3. The first-order chi connectivity index (χ1) is 8.27. The highest BCUT2D eigenvalue weighted by Crippen LogP contribution is 2.16. The molecule has 6 nitrogen and oxygen atoms in total. The van der Waals surface area contributed by atoms with Crippen LogP contribution in [0.4, 0.5) is 4.39 Å². The van der Waals surface area contributed by atoms with Crippen LogP contribution in [0.2, 0.25) is 0 Å². The number of hydrogen-bond donors (Lipinski definition) is 4. The lowest BCUT2D eigenvalue weighted by molar-refractivity contribution is 0.0926. The van der Waals surface area contributed by atoms with E-state index >= 15 is 0 Å². The summed E-state index contributed by atoms with van der Waals surface area (Å²) in [5, 5.41) is 22.8. The van der Waals surface area contributed by atoms with E-state index in [0.29, 0.717) is 0 Å². The van der Waals surface area contributed by atoms with Crippen molar-refractivity contribution in [2.75, 3.05) is 0 Å². The minimum atomic E-state index is -1.13. The van der Waals surface area contributed by atoms with Gasteiger partial charge in [0.1, 0.15) is 11.6 Å². The maximum absolute atomic E-state index is 13.4. The van der Waals surface area contributed by atoms with Crippen LogP contribution in [0.25, 0.3) is 0 Å². The van der Waals surface area contributed by atoms with Crippen molar-refractivity contribution in [3.05, 3.63) is 29.6 Å². The lowest BCUT2D eigenvalue weighted by Gasteiger charge is -2.24. The zero-order valence-corrected chi connectivity index (χ0v) is 9.94. The van der Waals surface area contributed by atoms with Crippen LogP contribution in [-0.4, -0.2) is 27.6 Å². The molecule has 1 amide bonds.